The molecule has 0 aromatic rings. The van der Waals surface area contributed by atoms with E-state index in [0.29, 0.717) is 0 Å². The number of esters is 2. The maximum absolute atomic E-state index is 11.4. The first-order chi connectivity index (χ1) is 10.8. The summed E-state index contributed by atoms with van der Waals surface area (Å²) >= 11 is 0. The third-order valence-electron chi connectivity index (χ3n) is 2.67. The van der Waals surface area contributed by atoms with Gasteiger partial charge in [-0.15, -0.1) is 0 Å². The average Bonchev–Trinajstić information content (AvgIpc) is 2.90. The molecule has 0 aromatic heterocycles. The first-order valence-electron chi connectivity index (χ1n) is 6.90. The Labute approximate surface area is 134 Å². The number of rotatable bonds is 9. The van der Waals surface area contributed by atoms with Gasteiger partial charge in [-0.2, -0.15) is 0 Å². The highest BCUT2D eigenvalue weighted by molar-refractivity contribution is 5.87. The summed E-state index contributed by atoms with van der Waals surface area (Å²) in [7, 11) is 0. The Kier molecular flexibility index (Phi) is 7.27. The summed E-state index contributed by atoms with van der Waals surface area (Å²) < 4.78 is 24.9. The predicted molar refractivity (Wildman–Crippen MR) is 77.5 cm³/mol. The van der Waals surface area contributed by atoms with Crippen LogP contribution in [-0.4, -0.2) is 56.7 Å². The summed E-state index contributed by atoms with van der Waals surface area (Å²) in [6.45, 7) is 9.75. The van der Waals surface area contributed by atoms with Crippen molar-refractivity contribution in [1.82, 2.24) is 0 Å². The summed E-state index contributed by atoms with van der Waals surface area (Å²) in [5, 5.41) is 0. The van der Waals surface area contributed by atoms with Gasteiger partial charge in [-0.05, 0) is 13.8 Å². The second-order valence-corrected chi connectivity index (χ2v) is 5.01. The molecular formula is C15H20O8. The normalized spacial score (nSPS) is 16.5. The van der Waals surface area contributed by atoms with Crippen LogP contribution in [0.25, 0.3) is 0 Å². The number of cyclic esters (lactones) is 2. The van der Waals surface area contributed by atoms with Gasteiger partial charge >= 0.3 is 18.1 Å². The highest BCUT2D eigenvalue weighted by Gasteiger charge is 2.27. The monoisotopic (exact) mass is 328 g/mol. The molecule has 1 fully saturated rings. The first kappa shape index (κ1) is 18.7. The zero-order chi connectivity index (χ0) is 17.4. The van der Waals surface area contributed by atoms with E-state index in [-0.39, 0.29) is 37.6 Å². The molecule has 128 valence electrons. The molecule has 0 spiro atoms. The highest BCUT2D eigenvalue weighted by Crippen LogP contribution is 2.09. The summed E-state index contributed by atoms with van der Waals surface area (Å²) in [5.41, 5.74) is 0.474. The van der Waals surface area contributed by atoms with Crippen LogP contribution >= 0.6 is 0 Å². The van der Waals surface area contributed by atoms with E-state index in [1.54, 1.807) is 0 Å². The van der Waals surface area contributed by atoms with Crippen molar-refractivity contribution in [3.63, 3.8) is 0 Å². The van der Waals surface area contributed by atoms with Gasteiger partial charge in [-0.1, -0.05) is 13.2 Å². The topological polar surface area (TPSA) is 97.4 Å². The van der Waals surface area contributed by atoms with Gasteiger partial charge in [0.05, 0.1) is 6.61 Å². The van der Waals surface area contributed by atoms with E-state index < -0.39 is 30.3 Å². The summed E-state index contributed by atoms with van der Waals surface area (Å²) in [4.78, 5) is 33.6. The van der Waals surface area contributed by atoms with Crippen LogP contribution in [0.2, 0.25) is 0 Å². The molecular weight excluding hydrogens is 308 g/mol. The van der Waals surface area contributed by atoms with Crippen LogP contribution in [0.5, 0.6) is 0 Å². The maximum atomic E-state index is 11.4. The van der Waals surface area contributed by atoms with E-state index in [0.717, 1.165) is 0 Å². The molecule has 1 aliphatic rings. The van der Waals surface area contributed by atoms with Gasteiger partial charge < -0.3 is 23.7 Å². The molecule has 1 rings (SSSR count). The minimum Gasteiger partial charge on any atom is -0.459 e. The second kappa shape index (κ2) is 8.94. The van der Waals surface area contributed by atoms with Gasteiger partial charge in [-0.3, -0.25) is 0 Å². The van der Waals surface area contributed by atoms with Crippen molar-refractivity contribution in [2.45, 2.75) is 26.1 Å². The molecule has 0 N–H and O–H groups in total. The molecule has 1 saturated heterocycles. The fourth-order valence-corrected chi connectivity index (χ4v) is 1.42. The molecule has 1 heterocycles. The van der Waals surface area contributed by atoms with Gasteiger partial charge in [0, 0.05) is 11.1 Å². The van der Waals surface area contributed by atoms with Crippen LogP contribution in [0.15, 0.2) is 24.3 Å². The Morgan fingerprint density at radius 1 is 1.17 bits per heavy atom. The van der Waals surface area contributed by atoms with E-state index in [2.05, 4.69) is 17.9 Å². The molecule has 23 heavy (non-hydrogen) atoms. The predicted octanol–water partition coefficient (Wildman–Crippen LogP) is 1.15. The first-order valence-corrected chi connectivity index (χ1v) is 6.90. The summed E-state index contributed by atoms with van der Waals surface area (Å²) in [5.74, 6) is -1.17. The van der Waals surface area contributed by atoms with Crippen molar-refractivity contribution in [2.24, 2.45) is 0 Å². The fraction of sp³-hybridized carbons (Fsp3) is 0.533. The van der Waals surface area contributed by atoms with Crippen molar-refractivity contribution in [2.75, 3.05) is 26.4 Å². The lowest BCUT2D eigenvalue weighted by Gasteiger charge is -2.19. The smallest absolute Gasteiger partial charge is 0.459 e. The van der Waals surface area contributed by atoms with Gasteiger partial charge in [0.25, 0.3) is 0 Å². The van der Waals surface area contributed by atoms with Gasteiger partial charge in [0.15, 0.2) is 6.10 Å². The van der Waals surface area contributed by atoms with Crippen molar-refractivity contribution >= 4 is 18.1 Å². The highest BCUT2D eigenvalue weighted by atomic mass is 16.8. The Morgan fingerprint density at radius 3 is 2.09 bits per heavy atom. The molecule has 8 heteroatoms. The number of carbonyl (C=O) groups excluding carboxylic acids is 3. The van der Waals surface area contributed by atoms with Crippen LogP contribution in [0.4, 0.5) is 4.79 Å². The molecule has 1 aliphatic heterocycles. The van der Waals surface area contributed by atoms with E-state index in [4.69, 9.17) is 18.9 Å². The lowest BCUT2D eigenvalue weighted by Crippen LogP contribution is -2.32. The van der Waals surface area contributed by atoms with Gasteiger partial charge in [0.2, 0.25) is 0 Å². The molecule has 0 aliphatic carbocycles. The van der Waals surface area contributed by atoms with Crippen LogP contribution in [0, 0.1) is 0 Å². The minimum atomic E-state index is -0.766. The number of carbonyl (C=O) groups is 3. The van der Waals surface area contributed by atoms with Crippen molar-refractivity contribution in [1.29, 1.82) is 0 Å². The third-order valence-corrected chi connectivity index (χ3v) is 2.67. The van der Waals surface area contributed by atoms with E-state index in [1.165, 1.54) is 13.8 Å². The Morgan fingerprint density at radius 2 is 1.70 bits per heavy atom. The lowest BCUT2D eigenvalue weighted by atomic mass is 10.3. The molecule has 0 saturated carbocycles. The standard InChI is InChI=1S/C15H20O8/c1-9(2)13(16)20-5-11(6-21-14(17)10(3)4)19-7-12-8-22-15(18)23-12/h11-12H,1,3,5-8H2,2,4H3. The number of ether oxygens (including phenoxy) is 5. The third kappa shape index (κ3) is 6.96. The lowest BCUT2D eigenvalue weighted by molar-refractivity contribution is -0.151. The molecule has 0 amide bonds. The van der Waals surface area contributed by atoms with Gasteiger partial charge in [0.1, 0.15) is 25.9 Å². The number of hydrogen-bond donors (Lipinski definition) is 0. The molecule has 1 atom stereocenters. The largest absolute Gasteiger partial charge is 0.508 e. The van der Waals surface area contributed by atoms with Crippen molar-refractivity contribution in [3.8, 4) is 0 Å². The molecule has 1 unspecified atom stereocenters. The van der Waals surface area contributed by atoms with Crippen LogP contribution in [0.1, 0.15) is 13.8 Å². The van der Waals surface area contributed by atoms with Gasteiger partial charge in [-0.25, -0.2) is 14.4 Å². The Bertz CT molecular complexity index is 466. The SMILES string of the molecule is C=C(C)C(=O)OCC(COC(=O)C(=C)C)OCC1COC(=O)O1. The Balaban J connectivity index is 2.47. The van der Waals surface area contributed by atoms with Crippen LogP contribution < -0.4 is 0 Å². The van der Waals surface area contributed by atoms with E-state index in [9.17, 15) is 14.4 Å². The summed E-state index contributed by atoms with van der Waals surface area (Å²) in [6.07, 6.45) is -2.04. The molecule has 0 radical (unpaired) electrons. The molecule has 0 aromatic carbocycles. The quantitative estimate of drug-likeness (QED) is 0.353. The second-order valence-electron chi connectivity index (χ2n) is 5.01. The molecule has 8 nitrogen and oxygen atoms in total. The van der Waals surface area contributed by atoms with Crippen molar-refractivity contribution < 1.29 is 38.1 Å². The zero-order valence-electron chi connectivity index (χ0n) is 13.2. The summed E-state index contributed by atoms with van der Waals surface area (Å²) in [6, 6.07) is 0. The van der Waals surface area contributed by atoms with E-state index >= 15 is 0 Å². The average molecular weight is 328 g/mol. The number of hydrogen-bond acceptors (Lipinski definition) is 8. The Hall–Kier alpha value is -2.35. The fourth-order valence-electron chi connectivity index (χ4n) is 1.42. The zero-order valence-corrected chi connectivity index (χ0v) is 13.2. The van der Waals surface area contributed by atoms with Crippen LogP contribution in [-0.2, 0) is 33.3 Å². The minimum absolute atomic E-state index is 0.0195. The maximum Gasteiger partial charge on any atom is 0.508 e. The molecule has 0 bridgehead atoms. The van der Waals surface area contributed by atoms with E-state index in [1.807, 2.05) is 0 Å². The van der Waals surface area contributed by atoms with Crippen LogP contribution in [0.3, 0.4) is 0 Å². The van der Waals surface area contributed by atoms with Crippen molar-refractivity contribution in [3.05, 3.63) is 24.3 Å².